The molecule has 1 amide bonds. The molecular formula is C11H17ClN2OS. The number of aryl methyl sites for hydroxylation is 1. The van der Waals surface area contributed by atoms with Crippen molar-refractivity contribution in [2.24, 2.45) is 5.73 Å². The van der Waals surface area contributed by atoms with Crippen LogP contribution in [0.3, 0.4) is 0 Å². The molecule has 1 aliphatic heterocycles. The van der Waals surface area contributed by atoms with Gasteiger partial charge in [-0.1, -0.05) is 0 Å². The summed E-state index contributed by atoms with van der Waals surface area (Å²) in [4.78, 5) is 15.0. The number of amides is 1. The standard InChI is InChI=1S/C11H16N2OS.ClH/c1-8-4-6-15-10(8)11(14)13-5-2-3-9(13)7-12;/h4,6,9H,2-3,5,7,12H2,1H3;1H. The highest BCUT2D eigenvalue weighted by atomic mass is 35.5. The quantitative estimate of drug-likeness (QED) is 0.885. The number of hydrogen-bond donors (Lipinski definition) is 1. The molecule has 1 atom stereocenters. The number of rotatable bonds is 2. The van der Waals surface area contributed by atoms with Gasteiger partial charge in [0, 0.05) is 19.1 Å². The molecule has 2 heterocycles. The molecule has 0 aliphatic carbocycles. The molecule has 5 heteroatoms. The van der Waals surface area contributed by atoms with Crippen molar-refractivity contribution in [3.8, 4) is 0 Å². The van der Waals surface area contributed by atoms with Crippen LogP contribution in [0.25, 0.3) is 0 Å². The molecule has 0 aromatic carbocycles. The summed E-state index contributed by atoms with van der Waals surface area (Å²) in [5, 5.41) is 1.97. The van der Waals surface area contributed by atoms with Gasteiger partial charge in [0.2, 0.25) is 0 Å². The zero-order valence-electron chi connectivity index (χ0n) is 9.31. The van der Waals surface area contributed by atoms with Gasteiger partial charge in [-0.2, -0.15) is 0 Å². The summed E-state index contributed by atoms with van der Waals surface area (Å²) in [5.74, 6) is 0.162. The van der Waals surface area contributed by atoms with Crippen LogP contribution >= 0.6 is 23.7 Å². The Labute approximate surface area is 106 Å². The number of nitrogens with zero attached hydrogens (tertiary/aromatic N) is 1. The van der Waals surface area contributed by atoms with Crippen LogP contribution in [0.5, 0.6) is 0 Å². The van der Waals surface area contributed by atoms with Crippen molar-refractivity contribution in [2.45, 2.75) is 25.8 Å². The van der Waals surface area contributed by atoms with E-state index in [0.717, 1.165) is 29.8 Å². The monoisotopic (exact) mass is 260 g/mol. The van der Waals surface area contributed by atoms with E-state index in [0.29, 0.717) is 6.54 Å². The first-order valence-electron chi connectivity index (χ1n) is 5.29. The Bertz CT molecular complexity index is 367. The Hall–Kier alpha value is -0.580. The fourth-order valence-corrected chi connectivity index (χ4v) is 2.95. The average Bonchev–Trinajstić information content (AvgIpc) is 2.84. The minimum Gasteiger partial charge on any atom is -0.334 e. The molecule has 1 fully saturated rings. The molecule has 2 rings (SSSR count). The van der Waals surface area contributed by atoms with Crippen LogP contribution in [-0.2, 0) is 0 Å². The van der Waals surface area contributed by atoms with Crippen molar-refractivity contribution >= 4 is 29.7 Å². The zero-order valence-corrected chi connectivity index (χ0v) is 10.9. The molecule has 1 saturated heterocycles. The Kier molecular flexibility index (Phi) is 4.77. The molecule has 1 aliphatic rings. The predicted octanol–water partition coefficient (Wildman–Crippen LogP) is 2.04. The smallest absolute Gasteiger partial charge is 0.264 e. The number of carbonyl (C=O) groups is 1. The summed E-state index contributed by atoms with van der Waals surface area (Å²) in [6.07, 6.45) is 2.13. The van der Waals surface area contributed by atoms with E-state index < -0.39 is 0 Å². The van der Waals surface area contributed by atoms with Gasteiger partial charge in [0.1, 0.15) is 0 Å². The molecule has 16 heavy (non-hydrogen) atoms. The third-order valence-corrected chi connectivity index (χ3v) is 3.97. The summed E-state index contributed by atoms with van der Waals surface area (Å²) in [5.41, 5.74) is 6.74. The SMILES string of the molecule is Cc1ccsc1C(=O)N1CCCC1CN.Cl. The van der Waals surface area contributed by atoms with E-state index in [4.69, 9.17) is 5.73 Å². The van der Waals surface area contributed by atoms with Crippen molar-refractivity contribution in [1.82, 2.24) is 4.90 Å². The van der Waals surface area contributed by atoms with Gasteiger partial charge in [0.05, 0.1) is 4.88 Å². The van der Waals surface area contributed by atoms with Crippen LogP contribution < -0.4 is 5.73 Å². The third kappa shape index (κ3) is 2.39. The van der Waals surface area contributed by atoms with Crippen LogP contribution in [0.4, 0.5) is 0 Å². The maximum atomic E-state index is 12.2. The summed E-state index contributed by atoms with van der Waals surface area (Å²) in [6, 6.07) is 2.24. The van der Waals surface area contributed by atoms with E-state index in [2.05, 4.69) is 0 Å². The topological polar surface area (TPSA) is 46.3 Å². The van der Waals surface area contributed by atoms with Gasteiger partial charge < -0.3 is 10.6 Å². The van der Waals surface area contributed by atoms with E-state index in [1.807, 2.05) is 23.3 Å². The molecular weight excluding hydrogens is 244 g/mol. The maximum absolute atomic E-state index is 12.2. The zero-order chi connectivity index (χ0) is 10.8. The second-order valence-electron chi connectivity index (χ2n) is 3.96. The Morgan fingerprint density at radius 3 is 3.00 bits per heavy atom. The van der Waals surface area contributed by atoms with E-state index in [-0.39, 0.29) is 24.4 Å². The molecule has 2 N–H and O–H groups in total. The summed E-state index contributed by atoms with van der Waals surface area (Å²) < 4.78 is 0. The highest BCUT2D eigenvalue weighted by molar-refractivity contribution is 7.12. The van der Waals surface area contributed by atoms with Gasteiger partial charge in [-0.25, -0.2) is 0 Å². The number of carbonyl (C=O) groups excluding carboxylic acids is 1. The molecule has 0 spiro atoms. The molecule has 1 aromatic heterocycles. The first kappa shape index (κ1) is 13.5. The lowest BCUT2D eigenvalue weighted by atomic mass is 10.2. The molecule has 1 unspecified atom stereocenters. The molecule has 3 nitrogen and oxygen atoms in total. The van der Waals surface area contributed by atoms with E-state index in [9.17, 15) is 4.79 Å². The van der Waals surface area contributed by atoms with Crippen LogP contribution in [-0.4, -0.2) is 29.9 Å². The average molecular weight is 261 g/mol. The molecule has 0 bridgehead atoms. The first-order chi connectivity index (χ1) is 7.24. The van der Waals surface area contributed by atoms with Crippen LogP contribution in [0.15, 0.2) is 11.4 Å². The van der Waals surface area contributed by atoms with Crippen LogP contribution in [0.2, 0.25) is 0 Å². The minimum atomic E-state index is 0. The lowest BCUT2D eigenvalue weighted by molar-refractivity contribution is 0.0745. The van der Waals surface area contributed by atoms with E-state index in [1.165, 1.54) is 11.3 Å². The Morgan fingerprint density at radius 2 is 2.44 bits per heavy atom. The fourth-order valence-electron chi connectivity index (χ4n) is 2.07. The van der Waals surface area contributed by atoms with Crippen LogP contribution in [0.1, 0.15) is 28.1 Å². The van der Waals surface area contributed by atoms with Gasteiger partial charge in [-0.15, -0.1) is 23.7 Å². The Balaban J connectivity index is 0.00000128. The van der Waals surface area contributed by atoms with Crippen LogP contribution in [0, 0.1) is 6.92 Å². The van der Waals surface area contributed by atoms with Crippen molar-refractivity contribution in [1.29, 1.82) is 0 Å². The molecule has 90 valence electrons. The summed E-state index contributed by atoms with van der Waals surface area (Å²) in [6.45, 7) is 3.42. The normalized spacial score (nSPS) is 19.6. The van der Waals surface area contributed by atoms with Crippen molar-refractivity contribution < 1.29 is 4.79 Å². The minimum absolute atomic E-state index is 0. The summed E-state index contributed by atoms with van der Waals surface area (Å²) in [7, 11) is 0. The molecule has 1 aromatic rings. The molecule has 0 radical (unpaired) electrons. The fraction of sp³-hybridized carbons (Fsp3) is 0.545. The number of nitrogens with two attached hydrogens (primary N) is 1. The van der Waals surface area contributed by atoms with Gasteiger partial charge in [0.15, 0.2) is 0 Å². The van der Waals surface area contributed by atoms with Crippen molar-refractivity contribution in [2.75, 3.05) is 13.1 Å². The van der Waals surface area contributed by atoms with Gasteiger partial charge in [-0.05, 0) is 36.8 Å². The lowest BCUT2D eigenvalue weighted by Crippen LogP contribution is -2.39. The number of halogens is 1. The van der Waals surface area contributed by atoms with Crippen molar-refractivity contribution in [3.63, 3.8) is 0 Å². The Morgan fingerprint density at radius 1 is 1.69 bits per heavy atom. The number of hydrogen-bond acceptors (Lipinski definition) is 3. The number of likely N-dealkylation sites (tertiary alicyclic amines) is 1. The van der Waals surface area contributed by atoms with Gasteiger partial charge in [0.25, 0.3) is 5.91 Å². The van der Waals surface area contributed by atoms with Gasteiger partial charge >= 0.3 is 0 Å². The molecule has 0 saturated carbocycles. The summed E-state index contributed by atoms with van der Waals surface area (Å²) >= 11 is 1.52. The second-order valence-corrected chi connectivity index (χ2v) is 4.88. The van der Waals surface area contributed by atoms with Gasteiger partial charge in [-0.3, -0.25) is 4.79 Å². The van der Waals surface area contributed by atoms with E-state index in [1.54, 1.807) is 0 Å². The highest BCUT2D eigenvalue weighted by Gasteiger charge is 2.29. The predicted molar refractivity (Wildman–Crippen MR) is 69.4 cm³/mol. The highest BCUT2D eigenvalue weighted by Crippen LogP contribution is 2.23. The lowest BCUT2D eigenvalue weighted by Gasteiger charge is -2.23. The van der Waals surface area contributed by atoms with E-state index >= 15 is 0 Å². The largest absolute Gasteiger partial charge is 0.334 e. The first-order valence-corrected chi connectivity index (χ1v) is 6.17. The second kappa shape index (κ2) is 5.66. The number of thiophene rings is 1. The van der Waals surface area contributed by atoms with Crippen molar-refractivity contribution in [3.05, 3.63) is 21.9 Å². The third-order valence-electron chi connectivity index (χ3n) is 2.97. The maximum Gasteiger partial charge on any atom is 0.264 e.